The highest BCUT2D eigenvalue weighted by molar-refractivity contribution is 5.64. The number of imidazole rings is 1. The first-order valence-electron chi connectivity index (χ1n) is 6.00. The van der Waals surface area contributed by atoms with Crippen molar-refractivity contribution in [1.82, 2.24) is 9.97 Å². The van der Waals surface area contributed by atoms with Gasteiger partial charge in [0.1, 0.15) is 11.6 Å². The first kappa shape index (κ1) is 12.6. The van der Waals surface area contributed by atoms with Gasteiger partial charge in [-0.3, -0.25) is 0 Å². The molecule has 0 spiro atoms. The van der Waals surface area contributed by atoms with Crippen LogP contribution in [0, 0.1) is 13.8 Å². The Hall–Kier alpha value is -1.81. The zero-order valence-corrected chi connectivity index (χ0v) is 11.2. The number of hydrogen-bond acceptors (Lipinski definition) is 3. The van der Waals surface area contributed by atoms with Gasteiger partial charge in [0.2, 0.25) is 0 Å². The van der Waals surface area contributed by atoms with Crippen LogP contribution in [0.2, 0.25) is 0 Å². The summed E-state index contributed by atoms with van der Waals surface area (Å²) in [6, 6.07) is 5.97. The molecule has 1 unspecified atom stereocenters. The lowest BCUT2D eigenvalue weighted by molar-refractivity contribution is 0.412. The minimum Gasteiger partial charge on any atom is -0.496 e. The molecular formula is C14H19N3O. The summed E-state index contributed by atoms with van der Waals surface area (Å²) in [7, 11) is 1.68. The average Bonchev–Trinajstić information content (AvgIpc) is 2.71. The molecular weight excluding hydrogens is 226 g/mol. The lowest BCUT2D eigenvalue weighted by Crippen LogP contribution is -2.06. The number of H-pyrrole nitrogens is 1. The van der Waals surface area contributed by atoms with Crippen LogP contribution in [0.4, 0.5) is 0 Å². The maximum atomic E-state index is 5.84. The number of benzene rings is 1. The minimum atomic E-state index is -0.0863. The number of hydrogen-bond donors (Lipinski definition) is 2. The third kappa shape index (κ3) is 2.24. The number of nitrogens with zero attached hydrogens (tertiary/aromatic N) is 1. The largest absolute Gasteiger partial charge is 0.496 e. The summed E-state index contributed by atoms with van der Waals surface area (Å²) in [4.78, 5) is 7.78. The van der Waals surface area contributed by atoms with Gasteiger partial charge in [-0.2, -0.15) is 0 Å². The van der Waals surface area contributed by atoms with Gasteiger partial charge in [-0.25, -0.2) is 4.98 Å². The number of aryl methyl sites for hydroxylation is 2. The first-order valence-corrected chi connectivity index (χ1v) is 6.00. The van der Waals surface area contributed by atoms with Crippen molar-refractivity contribution in [2.45, 2.75) is 26.8 Å². The van der Waals surface area contributed by atoms with Gasteiger partial charge in [-0.15, -0.1) is 0 Å². The maximum absolute atomic E-state index is 5.84. The normalized spacial score (nSPS) is 12.5. The van der Waals surface area contributed by atoms with Gasteiger partial charge in [0.15, 0.2) is 0 Å². The Bertz CT molecular complexity index is 558. The molecule has 0 aliphatic carbocycles. The molecule has 1 heterocycles. The number of nitrogens with two attached hydrogens (primary N) is 1. The van der Waals surface area contributed by atoms with E-state index in [1.54, 1.807) is 7.11 Å². The summed E-state index contributed by atoms with van der Waals surface area (Å²) in [6.07, 6.45) is 0. The van der Waals surface area contributed by atoms with Crippen LogP contribution in [-0.2, 0) is 0 Å². The van der Waals surface area contributed by atoms with E-state index < -0.39 is 0 Å². The van der Waals surface area contributed by atoms with Crippen molar-refractivity contribution in [3.05, 3.63) is 35.3 Å². The van der Waals surface area contributed by atoms with E-state index in [1.165, 1.54) is 0 Å². The van der Waals surface area contributed by atoms with E-state index in [1.807, 2.05) is 32.9 Å². The zero-order valence-electron chi connectivity index (χ0n) is 11.2. The summed E-state index contributed by atoms with van der Waals surface area (Å²) in [5, 5.41) is 0. The molecule has 0 aliphatic heterocycles. The summed E-state index contributed by atoms with van der Waals surface area (Å²) < 4.78 is 5.26. The molecule has 1 aromatic carbocycles. The fourth-order valence-electron chi connectivity index (χ4n) is 2.01. The average molecular weight is 245 g/mol. The number of aromatic amines is 1. The third-order valence-electron chi connectivity index (χ3n) is 3.00. The molecule has 2 aromatic rings. The Morgan fingerprint density at radius 1 is 1.33 bits per heavy atom. The van der Waals surface area contributed by atoms with E-state index in [9.17, 15) is 0 Å². The molecule has 0 saturated carbocycles. The van der Waals surface area contributed by atoms with E-state index in [2.05, 4.69) is 16.0 Å². The highest BCUT2D eigenvalue weighted by atomic mass is 16.5. The zero-order chi connectivity index (χ0) is 13.3. The lowest BCUT2D eigenvalue weighted by Gasteiger charge is -2.06. The van der Waals surface area contributed by atoms with Gasteiger partial charge in [0.25, 0.3) is 0 Å². The third-order valence-corrected chi connectivity index (χ3v) is 3.00. The predicted octanol–water partition coefficient (Wildman–Crippen LogP) is 2.72. The molecule has 3 N–H and O–H groups in total. The van der Waals surface area contributed by atoms with Crippen LogP contribution in [-0.4, -0.2) is 17.1 Å². The number of ether oxygens (including phenoxy) is 1. The molecule has 0 saturated heterocycles. The van der Waals surface area contributed by atoms with Crippen LogP contribution in [0.5, 0.6) is 5.75 Å². The van der Waals surface area contributed by atoms with Crippen molar-refractivity contribution in [1.29, 1.82) is 0 Å². The minimum absolute atomic E-state index is 0.0863. The van der Waals surface area contributed by atoms with Crippen molar-refractivity contribution < 1.29 is 4.74 Å². The molecule has 18 heavy (non-hydrogen) atoms. The van der Waals surface area contributed by atoms with Gasteiger partial charge in [0.05, 0.1) is 18.8 Å². The van der Waals surface area contributed by atoms with E-state index >= 15 is 0 Å². The lowest BCUT2D eigenvalue weighted by atomic mass is 10.1. The SMILES string of the molecule is COc1ccc(-c2nc(C(C)N)[nH]c2C)cc1C. The quantitative estimate of drug-likeness (QED) is 0.874. The van der Waals surface area contributed by atoms with Crippen LogP contribution < -0.4 is 10.5 Å². The summed E-state index contributed by atoms with van der Waals surface area (Å²) in [6.45, 7) is 5.95. The molecule has 96 valence electrons. The van der Waals surface area contributed by atoms with Crippen molar-refractivity contribution in [3.8, 4) is 17.0 Å². The second-order valence-electron chi connectivity index (χ2n) is 4.57. The maximum Gasteiger partial charge on any atom is 0.123 e. The number of rotatable bonds is 3. The van der Waals surface area contributed by atoms with E-state index in [4.69, 9.17) is 10.5 Å². The standard InChI is InChI=1S/C14H19N3O/c1-8-7-11(5-6-12(8)18-4)13-10(3)16-14(17-13)9(2)15/h5-7,9H,15H2,1-4H3,(H,16,17). The van der Waals surface area contributed by atoms with E-state index in [0.717, 1.165) is 34.1 Å². The number of nitrogens with one attached hydrogen (secondary N) is 1. The van der Waals surface area contributed by atoms with Crippen LogP contribution in [0.3, 0.4) is 0 Å². The molecule has 1 aromatic heterocycles. The second-order valence-corrected chi connectivity index (χ2v) is 4.57. The Kier molecular flexibility index (Phi) is 3.39. The Morgan fingerprint density at radius 3 is 2.56 bits per heavy atom. The fourth-order valence-corrected chi connectivity index (χ4v) is 2.01. The molecule has 0 aliphatic rings. The van der Waals surface area contributed by atoms with Crippen LogP contribution >= 0.6 is 0 Å². The molecule has 2 rings (SSSR count). The Balaban J connectivity index is 2.45. The van der Waals surface area contributed by atoms with Crippen molar-refractivity contribution in [2.24, 2.45) is 5.73 Å². The molecule has 4 nitrogen and oxygen atoms in total. The van der Waals surface area contributed by atoms with Crippen molar-refractivity contribution in [2.75, 3.05) is 7.11 Å². The highest BCUT2D eigenvalue weighted by Gasteiger charge is 2.12. The molecule has 1 atom stereocenters. The van der Waals surface area contributed by atoms with Gasteiger partial charge < -0.3 is 15.5 Å². The molecule has 0 amide bonds. The monoisotopic (exact) mass is 245 g/mol. The first-order chi connectivity index (χ1) is 8.52. The molecule has 4 heteroatoms. The van der Waals surface area contributed by atoms with Gasteiger partial charge in [0, 0.05) is 11.3 Å². The summed E-state index contributed by atoms with van der Waals surface area (Å²) in [5.41, 5.74) is 10.00. The van der Waals surface area contributed by atoms with Gasteiger partial charge >= 0.3 is 0 Å². The van der Waals surface area contributed by atoms with Crippen LogP contribution in [0.15, 0.2) is 18.2 Å². The predicted molar refractivity (Wildman–Crippen MR) is 72.7 cm³/mol. The van der Waals surface area contributed by atoms with Crippen molar-refractivity contribution in [3.63, 3.8) is 0 Å². The van der Waals surface area contributed by atoms with Crippen LogP contribution in [0.1, 0.15) is 30.0 Å². The highest BCUT2D eigenvalue weighted by Crippen LogP contribution is 2.27. The van der Waals surface area contributed by atoms with Crippen LogP contribution in [0.25, 0.3) is 11.3 Å². The Morgan fingerprint density at radius 2 is 2.06 bits per heavy atom. The smallest absolute Gasteiger partial charge is 0.123 e. The number of methoxy groups -OCH3 is 1. The summed E-state index contributed by atoms with van der Waals surface area (Å²) in [5.74, 6) is 1.70. The van der Waals surface area contributed by atoms with Gasteiger partial charge in [-0.05, 0) is 44.5 Å². The molecule has 0 radical (unpaired) electrons. The summed E-state index contributed by atoms with van der Waals surface area (Å²) >= 11 is 0. The van der Waals surface area contributed by atoms with Gasteiger partial charge in [-0.1, -0.05) is 0 Å². The van der Waals surface area contributed by atoms with Crippen molar-refractivity contribution >= 4 is 0 Å². The topological polar surface area (TPSA) is 63.9 Å². The van der Waals surface area contributed by atoms with E-state index in [-0.39, 0.29) is 6.04 Å². The number of aromatic nitrogens is 2. The Labute approximate surface area is 107 Å². The molecule has 0 bridgehead atoms. The second kappa shape index (κ2) is 4.82. The molecule has 0 fully saturated rings. The fraction of sp³-hybridized carbons (Fsp3) is 0.357. The van der Waals surface area contributed by atoms with E-state index in [0.29, 0.717) is 0 Å².